The molecule has 0 radical (unpaired) electrons. The molecular formula is C7H7N3S. The minimum absolute atomic E-state index is 0.967. The van der Waals surface area contributed by atoms with E-state index in [0.29, 0.717) is 0 Å². The Balaban J connectivity index is 2.67. The molecule has 0 aliphatic carbocycles. The Bertz CT molecular complexity index is 368. The summed E-state index contributed by atoms with van der Waals surface area (Å²) in [6.07, 6.45) is 0. The fourth-order valence-electron chi connectivity index (χ4n) is 0.934. The maximum absolute atomic E-state index is 3.93. The molecule has 4 heteroatoms. The van der Waals surface area contributed by atoms with E-state index in [-0.39, 0.29) is 0 Å². The van der Waals surface area contributed by atoms with Gasteiger partial charge in [-0.2, -0.15) is 0 Å². The molecule has 2 aromatic rings. The van der Waals surface area contributed by atoms with Gasteiger partial charge in [0.25, 0.3) is 0 Å². The number of benzene rings is 1. The highest BCUT2D eigenvalue weighted by molar-refractivity contribution is 7.12. The van der Waals surface area contributed by atoms with Crippen LogP contribution in [0.4, 0.5) is 5.69 Å². The Morgan fingerprint density at radius 1 is 1.45 bits per heavy atom. The summed E-state index contributed by atoms with van der Waals surface area (Å²) in [6, 6.07) is 5.99. The van der Waals surface area contributed by atoms with Gasteiger partial charge in [-0.05, 0) is 29.7 Å². The SMILES string of the molecule is CNc1ccc2nnsc2c1. The maximum Gasteiger partial charge on any atom is 0.106 e. The fourth-order valence-corrected chi connectivity index (χ4v) is 1.53. The molecule has 56 valence electrons. The predicted octanol–water partition coefficient (Wildman–Crippen LogP) is 1.73. The van der Waals surface area contributed by atoms with Crippen molar-refractivity contribution in [2.45, 2.75) is 0 Å². The minimum atomic E-state index is 0.967. The second-order valence-corrected chi connectivity index (χ2v) is 2.99. The summed E-state index contributed by atoms with van der Waals surface area (Å²) in [5.74, 6) is 0. The van der Waals surface area contributed by atoms with Crippen molar-refractivity contribution in [2.24, 2.45) is 0 Å². The third-order valence-corrected chi connectivity index (χ3v) is 2.22. The zero-order valence-corrected chi connectivity index (χ0v) is 6.85. The lowest BCUT2D eigenvalue weighted by Gasteiger charge is -1.96. The maximum atomic E-state index is 3.93. The van der Waals surface area contributed by atoms with Crippen molar-refractivity contribution in [1.29, 1.82) is 0 Å². The van der Waals surface area contributed by atoms with Gasteiger partial charge in [0.05, 0.1) is 4.70 Å². The zero-order chi connectivity index (χ0) is 7.68. The first-order valence-electron chi connectivity index (χ1n) is 3.30. The van der Waals surface area contributed by atoms with Gasteiger partial charge in [0, 0.05) is 12.7 Å². The third kappa shape index (κ3) is 1.05. The molecule has 0 fully saturated rings. The van der Waals surface area contributed by atoms with E-state index in [2.05, 4.69) is 14.9 Å². The quantitative estimate of drug-likeness (QED) is 0.699. The van der Waals surface area contributed by atoms with Crippen molar-refractivity contribution in [3.05, 3.63) is 18.2 Å². The van der Waals surface area contributed by atoms with Crippen LogP contribution in [0.3, 0.4) is 0 Å². The van der Waals surface area contributed by atoms with Crippen molar-refractivity contribution in [1.82, 2.24) is 9.59 Å². The van der Waals surface area contributed by atoms with Crippen LogP contribution >= 0.6 is 11.5 Å². The Morgan fingerprint density at radius 3 is 3.18 bits per heavy atom. The molecule has 3 nitrogen and oxygen atoms in total. The molecule has 1 heterocycles. The van der Waals surface area contributed by atoms with Crippen molar-refractivity contribution in [3.63, 3.8) is 0 Å². The molecule has 0 unspecified atom stereocenters. The average molecular weight is 165 g/mol. The van der Waals surface area contributed by atoms with Gasteiger partial charge >= 0.3 is 0 Å². The van der Waals surface area contributed by atoms with Crippen molar-refractivity contribution < 1.29 is 0 Å². The number of nitrogens with one attached hydrogen (secondary N) is 1. The van der Waals surface area contributed by atoms with Crippen LogP contribution in [-0.4, -0.2) is 16.6 Å². The highest BCUT2D eigenvalue weighted by Crippen LogP contribution is 2.19. The molecule has 0 bridgehead atoms. The van der Waals surface area contributed by atoms with Crippen LogP contribution in [0.2, 0.25) is 0 Å². The summed E-state index contributed by atoms with van der Waals surface area (Å²) in [5.41, 5.74) is 2.07. The van der Waals surface area contributed by atoms with Gasteiger partial charge in [0.1, 0.15) is 5.52 Å². The third-order valence-electron chi connectivity index (χ3n) is 1.54. The van der Waals surface area contributed by atoms with Gasteiger partial charge in [0.2, 0.25) is 0 Å². The topological polar surface area (TPSA) is 37.8 Å². The van der Waals surface area contributed by atoms with E-state index in [4.69, 9.17) is 0 Å². The fraction of sp³-hybridized carbons (Fsp3) is 0.143. The molecule has 0 spiro atoms. The minimum Gasteiger partial charge on any atom is -0.388 e. The molecule has 0 aliphatic rings. The van der Waals surface area contributed by atoms with E-state index >= 15 is 0 Å². The number of anilines is 1. The summed E-state index contributed by atoms with van der Waals surface area (Å²) < 4.78 is 4.96. The number of hydrogen-bond acceptors (Lipinski definition) is 4. The average Bonchev–Trinajstić information content (AvgIpc) is 2.50. The van der Waals surface area contributed by atoms with E-state index < -0.39 is 0 Å². The number of fused-ring (bicyclic) bond motifs is 1. The lowest BCUT2D eigenvalue weighted by molar-refractivity contribution is 1.20. The van der Waals surface area contributed by atoms with Crippen LogP contribution in [0.5, 0.6) is 0 Å². The molecule has 0 atom stereocenters. The summed E-state index contributed by atoms with van der Waals surface area (Å²) in [5, 5.41) is 6.99. The first kappa shape index (κ1) is 6.54. The van der Waals surface area contributed by atoms with Crippen LogP contribution in [0, 0.1) is 0 Å². The van der Waals surface area contributed by atoms with Crippen LogP contribution in [-0.2, 0) is 0 Å². The molecule has 11 heavy (non-hydrogen) atoms. The Kier molecular flexibility index (Phi) is 1.47. The van der Waals surface area contributed by atoms with Gasteiger partial charge in [-0.15, -0.1) is 5.10 Å². The molecule has 1 aromatic carbocycles. The standard InChI is InChI=1S/C7H7N3S/c1-8-5-2-3-6-7(4-5)11-10-9-6/h2-4,8H,1H3. The predicted molar refractivity (Wildman–Crippen MR) is 47.0 cm³/mol. The molecule has 0 aliphatic heterocycles. The highest BCUT2D eigenvalue weighted by atomic mass is 32.1. The Labute approximate surface area is 68.2 Å². The Hall–Kier alpha value is -1.16. The Morgan fingerprint density at radius 2 is 2.36 bits per heavy atom. The molecule has 2 rings (SSSR count). The van der Waals surface area contributed by atoms with Crippen molar-refractivity contribution in [2.75, 3.05) is 12.4 Å². The van der Waals surface area contributed by atoms with E-state index in [0.717, 1.165) is 15.9 Å². The van der Waals surface area contributed by atoms with Crippen LogP contribution in [0.25, 0.3) is 10.2 Å². The monoisotopic (exact) mass is 165 g/mol. The lowest BCUT2D eigenvalue weighted by atomic mass is 10.3. The highest BCUT2D eigenvalue weighted by Gasteiger charge is 1.97. The summed E-state index contributed by atoms with van der Waals surface area (Å²) in [4.78, 5) is 0. The van der Waals surface area contributed by atoms with Gasteiger partial charge in [-0.25, -0.2) is 0 Å². The smallest absolute Gasteiger partial charge is 0.106 e. The summed E-state index contributed by atoms with van der Waals surface area (Å²) >= 11 is 1.42. The molecular weight excluding hydrogens is 158 g/mol. The number of rotatable bonds is 1. The van der Waals surface area contributed by atoms with Gasteiger partial charge in [-0.3, -0.25) is 0 Å². The van der Waals surface area contributed by atoms with Crippen molar-refractivity contribution >= 4 is 27.4 Å². The molecule has 0 amide bonds. The molecule has 1 N–H and O–H groups in total. The molecule has 1 aromatic heterocycles. The first-order valence-corrected chi connectivity index (χ1v) is 4.07. The zero-order valence-electron chi connectivity index (χ0n) is 6.03. The van der Waals surface area contributed by atoms with Gasteiger partial charge in [0.15, 0.2) is 0 Å². The normalized spacial score (nSPS) is 10.3. The van der Waals surface area contributed by atoms with E-state index in [1.54, 1.807) is 0 Å². The number of hydrogen-bond donors (Lipinski definition) is 1. The largest absolute Gasteiger partial charge is 0.388 e. The number of aromatic nitrogens is 2. The molecule has 0 saturated carbocycles. The summed E-state index contributed by atoms with van der Waals surface area (Å²) in [6.45, 7) is 0. The van der Waals surface area contributed by atoms with Crippen molar-refractivity contribution in [3.8, 4) is 0 Å². The lowest BCUT2D eigenvalue weighted by Crippen LogP contribution is -1.85. The van der Waals surface area contributed by atoms with Gasteiger partial charge in [-0.1, -0.05) is 4.49 Å². The van der Waals surface area contributed by atoms with Crippen LogP contribution in [0.15, 0.2) is 18.2 Å². The molecule has 0 saturated heterocycles. The van der Waals surface area contributed by atoms with Crippen LogP contribution < -0.4 is 5.32 Å². The number of nitrogens with zero attached hydrogens (tertiary/aromatic N) is 2. The second-order valence-electron chi connectivity index (χ2n) is 2.21. The van der Waals surface area contributed by atoms with E-state index in [9.17, 15) is 0 Å². The van der Waals surface area contributed by atoms with Crippen LogP contribution in [0.1, 0.15) is 0 Å². The first-order chi connectivity index (χ1) is 5.40. The van der Waals surface area contributed by atoms with Gasteiger partial charge < -0.3 is 5.32 Å². The van der Waals surface area contributed by atoms with E-state index in [1.807, 2.05) is 25.2 Å². The van der Waals surface area contributed by atoms with E-state index in [1.165, 1.54) is 11.5 Å². The second kappa shape index (κ2) is 2.47. The summed E-state index contributed by atoms with van der Waals surface area (Å²) in [7, 11) is 1.90.